The van der Waals surface area contributed by atoms with Gasteiger partial charge >= 0.3 is 0 Å². The molecular formula is C14H12ClN3O3S. The van der Waals surface area contributed by atoms with E-state index in [-0.39, 0.29) is 18.0 Å². The van der Waals surface area contributed by atoms with E-state index in [0.717, 1.165) is 4.88 Å². The van der Waals surface area contributed by atoms with Crippen LogP contribution in [-0.4, -0.2) is 16.5 Å². The van der Waals surface area contributed by atoms with Crippen molar-refractivity contribution in [3.05, 3.63) is 61.3 Å². The highest BCUT2D eigenvalue weighted by Crippen LogP contribution is 2.21. The smallest absolute Gasteiger partial charge is 0.269 e. The second-order valence-corrected chi connectivity index (χ2v) is 6.15. The SMILES string of the molecule is CC(=NNC(=O)Cc1ccc([N+](=O)[O-])cc1)c1ccc(Cl)s1. The first-order chi connectivity index (χ1) is 10.5. The lowest BCUT2D eigenvalue weighted by Crippen LogP contribution is -2.21. The third-order valence-electron chi connectivity index (χ3n) is 2.79. The Morgan fingerprint density at radius 3 is 2.55 bits per heavy atom. The summed E-state index contributed by atoms with van der Waals surface area (Å²) in [6.07, 6.45) is 0.0972. The van der Waals surface area contributed by atoms with E-state index < -0.39 is 4.92 Å². The molecule has 0 spiro atoms. The van der Waals surface area contributed by atoms with Gasteiger partial charge in [0.1, 0.15) is 0 Å². The number of amides is 1. The quantitative estimate of drug-likeness (QED) is 0.515. The number of nitro benzene ring substituents is 1. The van der Waals surface area contributed by atoms with Crippen molar-refractivity contribution in [2.45, 2.75) is 13.3 Å². The van der Waals surface area contributed by atoms with E-state index in [9.17, 15) is 14.9 Å². The number of thiophene rings is 1. The molecule has 1 amide bonds. The van der Waals surface area contributed by atoms with Crippen molar-refractivity contribution in [2.75, 3.05) is 0 Å². The average Bonchev–Trinajstić information content (AvgIpc) is 2.92. The number of halogens is 1. The zero-order valence-electron chi connectivity index (χ0n) is 11.6. The van der Waals surface area contributed by atoms with Crippen LogP contribution >= 0.6 is 22.9 Å². The number of hydrogen-bond donors (Lipinski definition) is 1. The van der Waals surface area contributed by atoms with E-state index in [2.05, 4.69) is 10.5 Å². The summed E-state index contributed by atoms with van der Waals surface area (Å²) in [6, 6.07) is 9.42. The predicted molar refractivity (Wildman–Crippen MR) is 86.5 cm³/mol. The van der Waals surface area contributed by atoms with E-state index in [1.165, 1.54) is 23.5 Å². The number of carbonyl (C=O) groups excluding carboxylic acids is 1. The van der Waals surface area contributed by atoms with E-state index in [1.807, 2.05) is 6.07 Å². The highest BCUT2D eigenvalue weighted by molar-refractivity contribution is 7.18. The van der Waals surface area contributed by atoms with Crippen LogP contribution in [0.3, 0.4) is 0 Å². The molecule has 22 heavy (non-hydrogen) atoms. The minimum absolute atomic E-state index is 0.00685. The van der Waals surface area contributed by atoms with E-state index >= 15 is 0 Å². The monoisotopic (exact) mass is 337 g/mol. The Kier molecular flexibility index (Phi) is 5.24. The van der Waals surface area contributed by atoms with Crippen LogP contribution in [0.15, 0.2) is 41.5 Å². The van der Waals surface area contributed by atoms with Gasteiger partial charge in [0.2, 0.25) is 5.91 Å². The Morgan fingerprint density at radius 2 is 2.00 bits per heavy atom. The molecule has 1 N–H and O–H groups in total. The lowest BCUT2D eigenvalue weighted by Gasteiger charge is -2.02. The van der Waals surface area contributed by atoms with Gasteiger partial charge in [-0.25, -0.2) is 5.43 Å². The maximum atomic E-state index is 11.8. The molecule has 0 radical (unpaired) electrons. The summed E-state index contributed by atoms with van der Waals surface area (Å²) in [6.45, 7) is 1.77. The molecule has 0 aliphatic heterocycles. The molecular weight excluding hydrogens is 326 g/mol. The van der Waals surface area contributed by atoms with Crippen LogP contribution in [0.4, 0.5) is 5.69 Å². The van der Waals surface area contributed by atoms with Crippen LogP contribution in [0.25, 0.3) is 0 Å². The average molecular weight is 338 g/mol. The molecule has 0 aliphatic carbocycles. The van der Waals surface area contributed by atoms with Gasteiger partial charge in [-0.15, -0.1) is 11.3 Å². The van der Waals surface area contributed by atoms with Gasteiger partial charge in [0.25, 0.3) is 5.69 Å². The van der Waals surface area contributed by atoms with Crippen LogP contribution in [0.5, 0.6) is 0 Å². The first-order valence-electron chi connectivity index (χ1n) is 6.28. The van der Waals surface area contributed by atoms with Gasteiger partial charge in [-0.1, -0.05) is 23.7 Å². The lowest BCUT2D eigenvalue weighted by molar-refractivity contribution is -0.384. The molecule has 114 valence electrons. The van der Waals surface area contributed by atoms with E-state index in [1.54, 1.807) is 25.1 Å². The van der Waals surface area contributed by atoms with Gasteiger partial charge in [-0.05, 0) is 24.6 Å². The number of nitro groups is 1. The normalized spacial score (nSPS) is 11.3. The summed E-state index contributed by atoms with van der Waals surface area (Å²) in [5, 5.41) is 14.6. The number of nitrogens with zero attached hydrogens (tertiary/aromatic N) is 2. The maximum Gasteiger partial charge on any atom is 0.269 e. The molecule has 0 saturated heterocycles. The van der Waals surface area contributed by atoms with Gasteiger partial charge < -0.3 is 0 Å². The molecule has 1 heterocycles. The summed E-state index contributed by atoms with van der Waals surface area (Å²) in [7, 11) is 0. The number of hydrazone groups is 1. The molecule has 2 rings (SSSR count). The summed E-state index contributed by atoms with van der Waals surface area (Å²) in [5.41, 5.74) is 3.79. The summed E-state index contributed by atoms with van der Waals surface area (Å²) in [5.74, 6) is -0.296. The van der Waals surface area contributed by atoms with Crippen LogP contribution in [0.2, 0.25) is 4.34 Å². The molecule has 2 aromatic rings. The number of rotatable bonds is 5. The van der Waals surface area contributed by atoms with Crippen molar-refractivity contribution < 1.29 is 9.72 Å². The molecule has 0 saturated carbocycles. The zero-order chi connectivity index (χ0) is 16.1. The minimum atomic E-state index is -0.482. The number of nitrogens with one attached hydrogen (secondary N) is 1. The number of hydrogen-bond acceptors (Lipinski definition) is 5. The fraction of sp³-hybridized carbons (Fsp3) is 0.143. The predicted octanol–water partition coefficient (Wildman–Crippen LogP) is 3.39. The van der Waals surface area contributed by atoms with Gasteiger partial charge in [0.15, 0.2) is 0 Å². The minimum Gasteiger partial charge on any atom is -0.273 e. The van der Waals surface area contributed by atoms with E-state index in [0.29, 0.717) is 15.6 Å². The van der Waals surface area contributed by atoms with Gasteiger partial charge in [0, 0.05) is 12.1 Å². The zero-order valence-corrected chi connectivity index (χ0v) is 13.1. The van der Waals surface area contributed by atoms with Gasteiger partial charge in [-0.3, -0.25) is 14.9 Å². The molecule has 0 bridgehead atoms. The summed E-state index contributed by atoms with van der Waals surface area (Å²) in [4.78, 5) is 22.7. The van der Waals surface area contributed by atoms with E-state index in [4.69, 9.17) is 11.6 Å². The van der Waals surface area contributed by atoms with Crippen molar-refractivity contribution >= 4 is 40.2 Å². The molecule has 0 aliphatic rings. The third-order valence-corrected chi connectivity index (χ3v) is 4.13. The molecule has 1 aromatic heterocycles. The Bertz CT molecular complexity index is 725. The van der Waals surface area contributed by atoms with Gasteiger partial charge in [-0.2, -0.15) is 5.10 Å². The van der Waals surface area contributed by atoms with Crippen molar-refractivity contribution in [3.63, 3.8) is 0 Å². The molecule has 0 atom stereocenters. The first kappa shape index (κ1) is 16.1. The standard InChI is InChI=1S/C14H12ClN3O3S/c1-9(12-6-7-13(15)22-12)16-17-14(19)8-10-2-4-11(5-3-10)18(20)21/h2-7H,8H2,1H3,(H,17,19). The van der Waals surface area contributed by atoms with Crippen molar-refractivity contribution in [2.24, 2.45) is 5.10 Å². The summed E-state index contributed by atoms with van der Waals surface area (Å²) < 4.78 is 0.654. The number of non-ortho nitro benzene ring substituents is 1. The maximum absolute atomic E-state index is 11.8. The van der Waals surface area contributed by atoms with Crippen LogP contribution in [0.1, 0.15) is 17.4 Å². The second kappa shape index (κ2) is 7.15. The molecule has 6 nitrogen and oxygen atoms in total. The topological polar surface area (TPSA) is 84.6 Å². The second-order valence-electron chi connectivity index (χ2n) is 4.44. The Balaban J connectivity index is 1.94. The fourth-order valence-corrected chi connectivity index (χ4v) is 2.66. The van der Waals surface area contributed by atoms with Crippen molar-refractivity contribution in [1.29, 1.82) is 0 Å². The van der Waals surface area contributed by atoms with Crippen molar-refractivity contribution in [1.82, 2.24) is 5.43 Å². The van der Waals surface area contributed by atoms with Crippen molar-refractivity contribution in [3.8, 4) is 0 Å². The Labute approximate surface area is 135 Å². The summed E-state index contributed by atoms with van der Waals surface area (Å²) >= 11 is 7.21. The lowest BCUT2D eigenvalue weighted by atomic mass is 10.1. The third kappa shape index (κ3) is 4.37. The molecule has 1 aromatic carbocycles. The number of benzene rings is 1. The molecule has 0 unspecified atom stereocenters. The molecule has 0 fully saturated rings. The first-order valence-corrected chi connectivity index (χ1v) is 7.47. The highest BCUT2D eigenvalue weighted by Gasteiger charge is 2.07. The highest BCUT2D eigenvalue weighted by atomic mass is 35.5. The van der Waals surface area contributed by atoms with Crippen LogP contribution < -0.4 is 5.43 Å². The Morgan fingerprint density at radius 1 is 1.32 bits per heavy atom. The van der Waals surface area contributed by atoms with Gasteiger partial charge in [0.05, 0.1) is 26.3 Å². The number of carbonyl (C=O) groups is 1. The fourth-order valence-electron chi connectivity index (χ4n) is 1.67. The molecule has 8 heteroatoms. The van der Waals surface area contributed by atoms with Crippen LogP contribution in [0, 0.1) is 10.1 Å². The van der Waals surface area contributed by atoms with Crippen LogP contribution in [-0.2, 0) is 11.2 Å². The largest absolute Gasteiger partial charge is 0.273 e. The Hall–Kier alpha value is -2.25.